The summed E-state index contributed by atoms with van der Waals surface area (Å²) in [5, 5.41) is 2.75. The van der Waals surface area contributed by atoms with Crippen molar-refractivity contribution in [1.29, 1.82) is 0 Å². The lowest BCUT2D eigenvalue weighted by molar-refractivity contribution is -0.126. The van der Waals surface area contributed by atoms with E-state index in [0.717, 1.165) is 43.6 Å². The van der Waals surface area contributed by atoms with Crippen molar-refractivity contribution in [3.05, 3.63) is 69.2 Å². The number of carbonyl (C=O) groups is 1. The maximum Gasteiger partial charge on any atom is 0.355 e. The highest BCUT2D eigenvalue weighted by molar-refractivity contribution is 7.27. The minimum Gasteiger partial charge on any atom is -0.486 e. The highest BCUT2D eigenvalue weighted by atomic mass is 32.1. The Labute approximate surface area is 239 Å². The second kappa shape index (κ2) is 10.1. The third-order valence-corrected chi connectivity index (χ3v) is 9.55. The van der Waals surface area contributed by atoms with Gasteiger partial charge in [0, 0.05) is 36.6 Å². The standard InChI is InChI=1S/C30H32N5O3PS/c1-6-21-29(40-15-31-21)35-26-20(28(32-30(35)37)34-11-10-33(13-17(34)4)23(36)7-2)12-16(3)24-25-18(5)22(39)9-8-19(25)14-38-27(24)26/h7-9,12,15,17H,2,6,10-11,13-14,39H2,1,3-5H3/t17-/m0/s1. The minimum absolute atomic E-state index is 0.0434. The van der Waals surface area contributed by atoms with E-state index in [9.17, 15) is 9.59 Å². The summed E-state index contributed by atoms with van der Waals surface area (Å²) in [6.45, 7) is 14.0. The van der Waals surface area contributed by atoms with Crippen LogP contribution >= 0.6 is 20.6 Å². The molecule has 4 aromatic rings. The van der Waals surface area contributed by atoms with E-state index >= 15 is 0 Å². The van der Waals surface area contributed by atoms with E-state index in [2.05, 4.69) is 64.7 Å². The van der Waals surface area contributed by atoms with Gasteiger partial charge in [0.2, 0.25) is 5.91 Å². The van der Waals surface area contributed by atoms with Gasteiger partial charge in [-0.1, -0.05) is 25.6 Å². The number of aromatic nitrogens is 3. The number of anilines is 1. The lowest BCUT2D eigenvalue weighted by Gasteiger charge is -2.40. The molecule has 2 aromatic heterocycles. The van der Waals surface area contributed by atoms with Crippen molar-refractivity contribution in [3.63, 3.8) is 0 Å². The van der Waals surface area contributed by atoms with Crippen LogP contribution in [0.3, 0.4) is 0 Å². The predicted molar refractivity (Wildman–Crippen MR) is 165 cm³/mol. The Morgan fingerprint density at radius 3 is 2.80 bits per heavy atom. The van der Waals surface area contributed by atoms with Crippen molar-refractivity contribution < 1.29 is 9.53 Å². The van der Waals surface area contributed by atoms with Crippen LogP contribution < -0.4 is 20.6 Å². The largest absolute Gasteiger partial charge is 0.486 e. The molecule has 0 radical (unpaired) electrons. The molecule has 0 N–H and O–H groups in total. The fourth-order valence-electron chi connectivity index (χ4n) is 6.02. The van der Waals surface area contributed by atoms with Crippen LogP contribution in [0, 0.1) is 13.8 Å². The first kappa shape index (κ1) is 26.7. The van der Waals surface area contributed by atoms with E-state index in [-0.39, 0.29) is 17.6 Å². The van der Waals surface area contributed by atoms with E-state index in [4.69, 9.17) is 9.72 Å². The first-order valence-corrected chi connectivity index (χ1v) is 14.9. The van der Waals surface area contributed by atoms with Gasteiger partial charge in [0.25, 0.3) is 0 Å². The van der Waals surface area contributed by atoms with Crippen molar-refractivity contribution in [3.8, 4) is 21.9 Å². The van der Waals surface area contributed by atoms with Crippen LogP contribution in [0.2, 0.25) is 0 Å². The van der Waals surface area contributed by atoms with Crippen molar-refractivity contribution in [2.75, 3.05) is 24.5 Å². The Hall–Kier alpha value is -3.55. The molecule has 1 amide bonds. The second-order valence-corrected chi connectivity index (χ2v) is 11.9. The molecule has 8 nitrogen and oxygen atoms in total. The average molecular weight is 574 g/mol. The monoisotopic (exact) mass is 573 g/mol. The minimum atomic E-state index is -0.366. The fraction of sp³-hybridized carbons (Fsp3) is 0.333. The Balaban J connectivity index is 1.66. The molecule has 10 heteroatoms. The first-order chi connectivity index (χ1) is 19.2. The molecule has 0 bridgehead atoms. The molecule has 206 valence electrons. The molecule has 40 heavy (non-hydrogen) atoms. The summed E-state index contributed by atoms with van der Waals surface area (Å²) in [7, 11) is 2.83. The number of amides is 1. The molecular weight excluding hydrogens is 541 g/mol. The molecule has 2 atom stereocenters. The summed E-state index contributed by atoms with van der Waals surface area (Å²) in [6, 6.07) is 6.32. The van der Waals surface area contributed by atoms with Crippen LogP contribution in [0.25, 0.3) is 27.0 Å². The van der Waals surface area contributed by atoms with Crippen LogP contribution in [0.1, 0.15) is 36.2 Å². The summed E-state index contributed by atoms with van der Waals surface area (Å²) in [4.78, 5) is 39.5. The molecule has 4 heterocycles. The number of carbonyl (C=O) groups excluding carboxylic acids is 1. The first-order valence-electron chi connectivity index (χ1n) is 13.5. The molecular formula is C30H32N5O3PS. The number of aryl methyl sites for hydroxylation is 2. The number of hydrogen-bond donors (Lipinski definition) is 0. The summed E-state index contributed by atoms with van der Waals surface area (Å²) in [5.41, 5.74) is 8.52. The van der Waals surface area contributed by atoms with Gasteiger partial charge in [0.1, 0.15) is 22.9 Å². The molecule has 2 aromatic carbocycles. The molecule has 2 aliphatic rings. The van der Waals surface area contributed by atoms with Gasteiger partial charge in [-0.15, -0.1) is 20.6 Å². The van der Waals surface area contributed by atoms with Gasteiger partial charge in [-0.3, -0.25) is 4.79 Å². The van der Waals surface area contributed by atoms with E-state index < -0.39 is 0 Å². The third-order valence-electron chi connectivity index (χ3n) is 8.07. The van der Waals surface area contributed by atoms with Crippen LogP contribution in [0.15, 0.2) is 41.2 Å². The van der Waals surface area contributed by atoms with Gasteiger partial charge in [-0.25, -0.2) is 14.3 Å². The predicted octanol–water partition coefficient (Wildman–Crippen LogP) is 4.30. The van der Waals surface area contributed by atoms with Crippen molar-refractivity contribution in [2.24, 2.45) is 0 Å². The zero-order chi connectivity index (χ0) is 28.3. The van der Waals surface area contributed by atoms with Crippen LogP contribution in [0.5, 0.6) is 5.75 Å². The molecule has 1 saturated heterocycles. The Morgan fingerprint density at radius 2 is 2.08 bits per heavy atom. The number of rotatable bonds is 4. The van der Waals surface area contributed by atoms with Gasteiger partial charge in [-0.05, 0) is 66.9 Å². The molecule has 0 spiro atoms. The van der Waals surface area contributed by atoms with Crippen molar-refractivity contribution in [1.82, 2.24) is 19.4 Å². The second-order valence-electron chi connectivity index (χ2n) is 10.4. The Kier molecular flexibility index (Phi) is 6.75. The van der Waals surface area contributed by atoms with Crippen molar-refractivity contribution >= 4 is 48.5 Å². The Morgan fingerprint density at radius 1 is 1.27 bits per heavy atom. The molecule has 2 aliphatic heterocycles. The van der Waals surface area contributed by atoms with Gasteiger partial charge >= 0.3 is 5.69 Å². The highest BCUT2D eigenvalue weighted by Gasteiger charge is 2.33. The summed E-state index contributed by atoms with van der Waals surface area (Å²) < 4.78 is 8.24. The van der Waals surface area contributed by atoms with Crippen LogP contribution in [-0.2, 0) is 17.8 Å². The smallest absolute Gasteiger partial charge is 0.355 e. The van der Waals surface area contributed by atoms with Gasteiger partial charge in [0.15, 0.2) is 5.75 Å². The number of fused-ring (bicyclic) bond motifs is 5. The third kappa shape index (κ3) is 4.06. The zero-order valence-corrected chi connectivity index (χ0v) is 25.1. The van der Waals surface area contributed by atoms with E-state index in [1.807, 2.05) is 6.92 Å². The number of benzene rings is 2. The molecule has 1 fully saturated rings. The summed E-state index contributed by atoms with van der Waals surface area (Å²) in [5.74, 6) is 1.23. The molecule has 0 saturated carbocycles. The number of hydrogen-bond acceptors (Lipinski definition) is 7. The zero-order valence-electron chi connectivity index (χ0n) is 23.2. The van der Waals surface area contributed by atoms with Gasteiger partial charge in [0.05, 0.1) is 11.2 Å². The van der Waals surface area contributed by atoms with Crippen LogP contribution in [-0.4, -0.2) is 51.0 Å². The quantitative estimate of drug-likeness (QED) is 0.268. The van der Waals surface area contributed by atoms with Crippen molar-refractivity contribution in [2.45, 2.75) is 46.8 Å². The lowest BCUT2D eigenvalue weighted by atomic mass is 9.88. The summed E-state index contributed by atoms with van der Waals surface area (Å²) in [6.07, 6.45) is 2.04. The topological polar surface area (TPSA) is 80.6 Å². The number of thiazole rings is 1. The number of ether oxygens (including phenoxy) is 1. The SMILES string of the molecule is C=CC(=O)N1CCN(c2nc(=O)n(-c3scnc3CC)c3c4c(c(C)cc23)-c2c(ccc(P)c2C)CO4)[C@@H](C)C1. The summed E-state index contributed by atoms with van der Waals surface area (Å²) >= 11 is 1.44. The molecule has 6 rings (SSSR count). The Bertz CT molecular complexity index is 1760. The number of piperazine rings is 1. The normalized spacial score (nSPS) is 16.5. The van der Waals surface area contributed by atoms with E-state index in [1.165, 1.54) is 23.0 Å². The molecule has 0 aliphatic carbocycles. The van der Waals surface area contributed by atoms with E-state index in [0.29, 0.717) is 49.7 Å². The fourth-order valence-corrected chi connectivity index (χ4v) is 7.14. The average Bonchev–Trinajstić information content (AvgIpc) is 3.42. The van der Waals surface area contributed by atoms with E-state index in [1.54, 1.807) is 15.0 Å². The van der Waals surface area contributed by atoms with Crippen LogP contribution in [0.4, 0.5) is 5.82 Å². The maximum atomic E-state index is 14.0. The lowest BCUT2D eigenvalue weighted by Crippen LogP contribution is -2.54. The van der Waals surface area contributed by atoms with Gasteiger partial charge in [-0.2, -0.15) is 4.98 Å². The maximum absolute atomic E-state index is 14.0. The molecule has 1 unspecified atom stereocenters. The van der Waals surface area contributed by atoms with Gasteiger partial charge < -0.3 is 14.5 Å². The highest BCUT2D eigenvalue weighted by Crippen LogP contribution is 2.47. The number of nitrogens with zero attached hydrogens (tertiary/aromatic N) is 5.